The summed E-state index contributed by atoms with van der Waals surface area (Å²) in [5.41, 5.74) is 7.86. The third-order valence-corrected chi connectivity index (χ3v) is 5.11. The molecule has 0 saturated carbocycles. The SMILES string of the molecule is CCN(C(=O)CSc1ccc(C(N)=O)cc1[N+](=O)[O-])c1cc(C)ccc1C. The monoisotopic (exact) mass is 387 g/mol. The summed E-state index contributed by atoms with van der Waals surface area (Å²) in [5, 5.41) is 11.3. The molecule has 0 saturated heterocycles. The Morgan fingerprint density at radius 3 is 2.48 bits per heavy atom. The van der Waals surface area contributed by atoms with Gasteiger partial charge in [-0.25, -0.2) is 0 Å². The Morgan fingerprint density at radius 1 is 1.19 bits per heavy atom. The van der Waals surface area contributed by atoms with E-state index in [1.807, 2.05) is 39.0 Å². The van der Waals surface area contributed by atoms with Gasteiger partial charge in [0.15, 0.2) is 0 Å². The predicted octanol–water partition coefficient (Wildman–Crippen LogP) is 3.46. The number of benzene rings is 2. The van der Waals surface area contributed by atoms with E-state index in [0.717, 1.165) is 34.6 Å². The number of primary amides is 1. The minimum absolute atomic E-state index is 0.0397. The van der Waals surface area contributed by atoms with Gasteiger partial charge in [-0.15, -0.1) is 11.8 Å². The van der Waals surface area contributed by atoms with Crippen molar-refractivity contribution in [2.45, 2.75) is 25.7 Å². The first kappa shape index (κ1) is 20.4. The molecule has 2 aromatic carbocycles. The van der Waals surface area contributed by atoms with E-state index in [2.05, 4.69) is 0 Å². The molecule has 7 nitrogen and oxygen atoms in total. The fourth-order valence-corrected chi connectivity index (χ4v) is 3.52. The highest BCUT2D eigenvalue weighted by Gasteiger charge is 2.21. The van der Waals surface area contributed by atoms with Gasteiger partial charge >= 0.3 is 0 Å². The van der Waals surface area contributed by atoms with E-state index in [9.17, 15) is 19.7 Å². The zero-order valence-electron chi connectivity index (χ0n) is 15.4. The first-order valence-corrected chi connectivity index (χ1v) is 9.31. The fourth-order valence-electron chi connectivity index (χ4n) is 2.64. The van der Waals surface area contributed by atoms with E-state index in [4.69, 9.17) is 5.73 Å². The van der Waals surface area contributed by atoms with Crippen LogP contribution in [0.3, 0.4) is 0 Å². The molecule has 2 rings (SSSR count). The van der Waals surface area contributed by atoms with Gasteiger partial charge in [0, 0.05) is 23.9 Å². The van der Waals surface area contributed by atoms with E-state index < -0.39 is 10.8 Å². The highest BCUT2D eigenvalue weighted by molar-refractivity contribution is 8.00. The lowest BCUT2D eigenvalue weighted by Gasteiger charge is -2.23. The maximum Gasteiger partial charge on any atom is 0.283 e. The van der Waals surface area contributed by atoms with E-state index in [0.29, 0.717) is 11.4 Å². The average Bonchev–Trinajstić information content (AvgIpc) is 2.63. The second kappa shape index (κ2) is 8.68. The van der Waals surface area contributed by atoms with Gasteiger partial charge in [-0.05, 0) is 50.1 Å². The molecule has 0 spiro atoms. The van der Waals surface area contributed by atoms with Crippen LogP contribution in [-0.4, -0.2) is 29.0 Å². The van der Waals surface area contributed by atoms with Gasteiger partial charge < -0.3 is 10.6 Å². The zero-order chi connectivity index (χ0) is 20.1. The minimum Gasteiger partial charge on any atom is -0.366 e. The van der Waals surface area contributed by atoms with Crippen LogP contribution in [0.5, 0.6) is 0 Å². The van der Waals surface area contributed by atoms with Crippen LogP contribution >= 0.6 is 11.8 Å². The van der Waals surface area contributed by atoms with E-state index >= 15 is 0 Å². The molecule has 27 heavy (non-hydrogen) atoms. The molecule has 8 heteroatoms. The van der Waals surface area contributed by atoms with Crippen LogP contribution in [0, 0.1) is 24.0 Å². The summed E-state index contributed by atoms with van der Waals surface area (Å²) in [5.74, 6) is -0.847. The molecule has 0 radical (unpaired) electrons. The minimum atomic E-state index is -0.738. The normalized spacial score (nSPS) is 10.5. The van der Waals surface area contributed by atoms with Crippen molar-refractivity contribution in [3.05, 3.63) is 63.2 Å². The number of hydrogen-bond acceptors (Lipinski definition) is 5. The quantitative estimate of drug-likeness (QED) is 0.445. The molecular formula is C19H21N3O4S. The smallest absolute Gasteiger partial charge is 0.283 e. The zero-order valence-corrected chi connectivity index (χ0v) is 16.2. The Hall–Kier alpha value is -2.87. The second-order valence-corrected chi connectivity index (χ2v) is 7.04. The lowest BCUT2D eigenvalue weighted by molar-refractivity contribution is -0.387. The van der Waals surface area contributed by atoms with Gasteiger partial charge in [-0.2, -0.15) is 0 Å². The number of rotatable bonds is 7. The number of carbonyl (C=O) groups excluding carboxylic acids is 2. The molecule has 2 amide bonds. The molecule has 2 aromatic rings. The Morgan fingerprint density at radius 2 is 1.89 bits per heavy atom. The Balaban J connectivity index is 2.22. The average molecular weight is 387 g/mol. The maximum absolute atomic E-state index is 12.7. The van der Waals surface area contributed by atoms with Gasteiger partial charge in [0.2, 0.25) is 11.8 Å². The van der Waals surface area contributed by atoms with Crippen molar-refractivity contribution in [1.29, 1.82) is 0 Å². The summed E-state index contributed by atoms with van der Waals surface area (Å²) in [4.78, 5) is 36.6. The van der Waals surface area contributed by atoms with Crippen molar-refractivity contribution in [3.8, 4) is 0 Å². The van der Waals surface area contributed by atoms with Gasteiger partial charge in [-0.3, -0.25) is 19.7 Å². The van der Waals surface area contributed by atoms with Gasteiger partial charge in [0.1, 0.15) is 0 Å². The Kier molecular flexibility index (Phi) is 6.57. The topological polar surface area (TPSA) is 107 Å². The number of thioether (sulfide) groups is 1. The molecular weight excluding hydrogens is 366 g/mol. The van der Waals surface area contributed by atoms with E-state index in [1.165, 1.54) is 12.1 Å². The molecule has 0 aromatic heterocycles. The molecule has 0 aliphatic rings. The van der Waals surface area contributed by atoms with Crippen LogP contribution in [0.4, 0.5) is 11.4 Å². The highest BCUT2D eigenvalue weighted by atomic mass is 32.2. The summed E-state index contributed by atoms with van der Waals surface area (Å²) in [7, 11) is 0. The van der Waals surface area contributed by atoms with Crippen LogP contribution in [-0.2, 0) is 4.79 Å². The first-order valence-electron chi connectivity index (χ1n) is 8.33. The summed E-state index contributed by atoms with van der Waals surface area (Å²) in [6, 6.07) is 9.90. The largest absolute Gasteiger partial charge is 0.366 e. The van der Waals surface area contributed by atoms with Crippen molar-refractivity contribution >= 4 is 35.0 Å². The van der Waals surface area contributed by atoms with Crippen molar-refractivity contribution in [3.63, 3.8) is 0 Å². The number of nitro groups is 1. The van der Waals surface area contributed by atoms with Gasteiger partial charge in [0.05, 0.1) is 15.6 Å². The molecule has 2 N–H and O–H groups in total. The Labute approximate surface area is 161 Å². The Bertz CT molecular complexity index is 899. The number of hydrogen-bond donors (Lipinski definition) is 1. The van der Waals surface area contributed by atoms with Gasteiger partial charge in [0.25, 0.3) is 5.69 Å². The lowest BCUT2D eigenvalue weighted by Crippen LogP contribution is -2.32. The summed E-state index contributed by atoms with van der Waals surface area (Å²) in [6.07, 6.45) is 0. The second-order valence-electron chi connectivity index (χ2n) is 6.02. The van der Waals surface area contributed by atoms with Crippen molar-refractivity contribution < 1.29 is 14.5 Å². The number of nitrogens with two attached hydrogens (primary N) is 1. The lowest BCUT2D eigenvalue weighted by atomic mass is 10.1. The molecule has 0 fully saturated rings. The highest BCUT2D eigenvalue weighted by Crippen LogP contribution is 2.31. The van der Waals surface area contributed by atoms with Crippen LogP contribution in [0.25, 0.3) is 0 Å². The van der Waals surface area contributed by atoms with Crippen LogP contribution in [0.2, 0.25) is 0 Å². The molecule has 0 bridgehead atoms. The standard InChI is InChI=1S/C19H21N3O4S/c1-4-21(15-9-12(2)5-6-13(15)3)18(23)11-27-17-8-7-14(19(20)24)10-16(17)22(25)26/h5-10H,4,11H2,1-3H3,(H2,20,24). The van der Waals surface area contributed by atoms with Crippen molar-refractivity contribution in [1.82, 2.24) is 0 Å². The third-order valence-electron chi connectivity index (χ3n) is 4.06. The van der Waals surface area contributed by atoms with Crippen molar-refractivity contribution in [2.75, 3.05) is 17.2 Å². The number of amides is 2. The van der Waals surface area contributed by atoms with E-state index in [1.54, 1.807) is 4.90 Å². The molecule has 0 aliphatic heterocycles. The van der Waals surface area contributed by atoms with Crippen LogP contribution < -0.4 is 10.6 Å². The number of aryl methyl sites for hydroxylation is 2. The summed E-state index contributed by atoms with van der Waals surface area (Å²) >= 11 is 1.07. The number of nitro benzene ring substituents is 1. The first-order chi connectivity index (χ1) is 12.7. The number of carbonyl (C=O) groups is 2. The molecule has 142 valence electrons. The number of nitrogens with zero attached hydrogens (tertiary/aromatic N) is 2. The molecule has 0 atom stereocenters. The van der Waals surface area contributed by atoms with Crippen LogP contribution in [0.1, 0.15) is 28.4 Å². The van der Waals surface area contributed by atoms with E-state index in [-0.39, 0.29) is 22.9 Å². The van der Waals surface area contributed by atoms with Crippen molar-refractivity contribution in [2.24, 2.45) is 5.73 Å². The predicted molar refractivity (Wildman–Crippen MR) is 106 cm³/mol. The third kappa shape index (κ3) is 4.85. The fraction of sp³-hybridized carbons (Fsp3) is 0.263. The maximum atomic E-state index is 12.7. The summed E-state index contributed by atoms with van der Waals surface area (Å²) in [6.45, 7) is 6.27. The molecule has 0 heterocycles. The van der Waals surface area contributed by atoms with Crippen LogP contribution in [0.15, 0.2) is 41.3 Å². The molecule has 0 unspecified atom stereocenters. The molecule has 0 aliphatic carbocycles. The summed E-state index contributed by atoms with van der Waals surface area (Å²) < 4.78 is 0. The van der Waals surface area contributed by atoms with Gasteiger partial charge in [-0.1, -0.05) is 12.1 Å². The number of anilines is 1.